The van der Waals surface area contributed by atoms with Gasteiger partial charge in [0.2, 0.25) is 0 Å². The molecule has 1 aromatic rings. The first-order chi connectivity index (χ1) is 7.71. The van der Waals surface area contributed by atoms with Crippen LogP contribution in [-0.4, -0.2) is 34.9 Å². The molecule has 90 valence electrons. The molecule has 0 bridgehead atoms. The average Bonchev–Trinajstić information content (AvgIpc) is 2.29. The molecule has 0 fully saturated rings. The zero-order chi connectivity index (χ0) is 12.0. The Hall–Kier alpha value is -1.23. The number of nitrogens with zero attached hydrogens (tertiary/aromatic N) is 3. The van der Waals surface area contributed by atoms with Crippen molar-refractivity contribution in [2.24, 2.45) is 0 Å². The first-order valence-electron chi connectivity index (χ1n) is 5.74. The largest absolute Gasteiger partial charge is 0.458 e. The third-order valence-electron chi connectivity index (χ3n) is 2.29. The van der Waals surface area contributed by atoms with Gasteiger partial charge in [0.05, 0.1) is 11.4 Å². The van der Waals surface area contributed by atoms with E-state index in [4.69, 9.17) is 4.74 Å². The van der Waals surface area contributed by atoms with Crippen LogP contribution in [0.3, 0.4) is 0 Å². The normalized spacial score (nSPS) is 12.5. The molecule has 0 radical (unpaired) electrons. The highest BCUT2D eigenvalue weighted by molar-refractivity contribution is 5.11. The summed E-state index contributed by atoms with van der Waals surface area (Å²) in [6.07, 6.45) is 1.76. The van der Waals surface area contributed by atoms with Gasteiger partial charge in [0.25, 0.3) is 0 Å². The highest BCUT2D eigenvalue weighted by Gasteiger charge is 2.09. The molecule has 1 rings (SSSR count). The van der Waals surface area contributed by atoms with E-state index >= 15 is 0 Å². The van der Waals surface area contributed by atoms with Gasteiger partial charge >= 0.3 is 6.01 Å². The third-order valence-corrected chi connectivity index (χ3v) is 2.29. The zero-order valence-electron chi connectivity index (χ0n) is 10.4. The summed E-state index contributed by atoms with van der Waals surface area (Å²) in [5, 5.41) is 11.1. The van der Waals surface area contributed by atoms with E-state index in [0.717, 1.165) is 30.8 Å². The fourth-order valence-corrected chi connectivity index (χ4v) is 1.48. The van der Waals surface area contributed by atoms with E-state index in [9.17, 15) is 0 Å². The van der Waals surface area contributed by atoms with Crippen molar-refractivity contribution in [3.05, 3.63) is 11.4 Å². The lowest BCUT2D eigenvalue weighted by atomic mass is 10.2. The van der Waals surface area contributed by atoms with Crippen LogP contribution in [0.4, 0.5) is 0 Å². The summed E-state index contributed by atoms with van der Waals surface area (Å²) in [6.45, 7) is 6.85. The van der Waals surface area contributed by atoms with Gasteiger partial charge in [-0.05, 0) is 26.8 Å². The van der Waals surface area contributed by atoms with Crippen molar-refractivity contribution in [1.29, 1.82) is 0 Å². The maximum absolute atomic E-state index is 5.55. The number of hydrogen-bond acceptors (Lipinski definition) is 5. The predicted octanol–water partition coefficient (Wildman–Crippen LogP) is 0.983. The van der Waals surface area contributed by atoms with Crippen LogP contribution in [0.2, 0.25) is 0 Å². The van der Waals surface area contributed by atoms with Crippen molar-refractivity contribution >= 4 is 0 Å². The quantitative estimate of drug-likeness (QED) is 0.780. The maximum atomic E-state index is 5.55. The lowest BCUT2D eigenvalue weighted by Gasteiger charge is -2.12. The smallest absolute Gasteiger partial charge is 0.336 e. The summed E-state index contributed by atoms with van der Waals surface area (Å²) >= 11 is 0. The molecule has 0 aliphatic carbocycles. The van der Waals surface area contributed by atoms with Gasteiger partial charge in [-0.2, -0.15) is 4.98 Å². The van der Waals surface area contributed by atoms with Crippen molar-refractivity contribution in [2.45, 2.75) is 39.7 Å². The Morgan fingerprint density at radius 2 is 1.88 bits per heavy atom. The average molecular weight is 224 g/mol. The minimum absolute atomic E-state index is 0.0454. The number of ether oxygens (including phenoxy) is 1. The second-order valence-electron chi connectivity index (χ2n) is 3.68. The molecule has 0 aromatic carbocycles. The number of hydrogen-bond donors (Lipinski definition) is 1. The van der Waals surface area contributed by atoms with Crippen molar-refractivity contribution in [3.63, 3.8) is 0 Å². The second-order valence-corrected chi connectivity index (χ2v) is 3.68. The first kappa shape index (κ1) is 12.8. The van der Waals surface area contributed by atoms with Gasteiger partial charge < -0.3 is 10.1 Å². The third kappa shape index (κ3) is 3.41. The van der Waals surface area contributed by atoms with Gasteiger partial charge in [-0.3, -0.25) is 0 Å². The molecule has 1 heterocycles. The molecule has 16 heavy (non-hydrogen) atoms. The van der Waals surface area contributed by atoms with Crippen LogP contribution in [0.15, 0.2) is 0 Å². The van der Waals surface area contributed by atoms with E-state index in [-0.39, 0.29) is 6.10 Å². The molecule has 5 heteroatoms. The SMILES string of the molecule is CCc1nnc(OC(C)CNC)nc1CC. The van der Waals surface area contributed by atoms with Crippen LogP contribution in [-0.2, 0) is 12.8 Å². The maximum Gasteiger partial charge on any atom is 0.336 e. The molecule has 1 unspecified atom stereocenters. The lowest BCUT2D eigenvalue weighted by molar-refractivity contribution is 0.198. The number of aryl methyl sites for hydroxylation is 2. The highest BCUT2D eigenvalue weighted by atomic mass is 16.5. The topological polar surface area (TPSA) is 59.9 Å². The Balaban J connectivity index is 2.74. The van der Waals surface area contributed by atoms with Crippen molar-refractivity contribution < 1.29 is 4.74 Å². The van der Waals surface area contributed by atoms with Crippen molar-refractivity contribution in [3.8, 4) is 6.01 Å². The Kier molecular flexibility index (Phi) is 5.11. The fraction of sp³-hybridized carbons (Fsp3) is 0.727. The molecule has 1 atom stereocenters. The van der Waals surface area contributed by atoms with Crippen LogP contribution < -0.4 is 10.1 Å². The summed E-state index contributed by atoms with van der Waals surface area (Å²) in [6, 6.07) is 0.372. The van der Waals surface area contributed by atoms with E-state index in [0.29, 0.717) is 6.01 Å². The van der Waals surface area contributed by atoms with Gasteiger partial charge in [-0.25, -0.2) is 0 Å². The van der Waals surface area contributed by atoms with E-state index in [1.165, 1.54) is 0 Å². The van der Waals surface area contributed by atoms with Crippen LogP contribution in [0.1, 0.15) is 32.2 Å². The molecule has 0 spiro atoms. The summed E-state index contributed by atoms with van der Waals surface area (Å²) < 4.78 is 5.55. The fourth-order valence-electron chi connectivity index (χ4n) is 1.48. The minimum atomic E-state index is 0.0454. The zero-order valence-corrected chi connectivity index (χ0v) is 10.4. The molecule has 0 aliphatic heterocycles. The van der Waals surface area contributed by atoms with Crippen molar-refractivity contribution in [2.75, 3.05) is 13.6 Å². The van der Waals surface area contributed by atoms with Gasteiger partial charge in [-0.1, -0.05) is 18.9 Å². The number of likely N-dealkylation sites (N-methyl/N-ethyl adjacent to an activating group) is 1. The Morgan fingerprint density at radius 3 is 2.44 bits per heavy atom. The van der Waals surface area contributed by atoms with Gasteiger partial charge in [0, 0.05) is 6.54 Å². The number of aromatic nitrogens is 3. The van der Waals surface area contributed by atoms with Gasteiger partial charge in [0.1, 0.15) is 6.10 Å². The predicted molar refractivity (Wildman–Crippen MR) is 62.6 cm³/mol. The van der Waals surface area contributed by atoms with Crippen molar-refractivity contribution in [1.82, 2.24) is 20.5 Å². The van der Waals surface area contributed by atoms with E-state index in [1.807, 2.05) is 14.0 Å². The van der Waals surface area contributed by atoms with Crippen LogP contribution in [0.25, 0.3) is 0 Å². The monoisotopic (exact) mass is 224 g/mol. The summed E-state index contributed by atoms with van der Waals surface area (Å²) in [5.41, 5.74) is 1.93. The molecule has 5 nitrogen and oxygen atoms in total. The summed E-state index contributed by atoms with van der Waals surface area (Å²) in [5.74, 6) is 0. The van der Waals surface area contributed by atoms with E-state index in [2.05, 4.69) is 34.3 Å². The lowest BCUT2D eigenvalue weighted by Crippen LogP contribution is -2.27. The molecule has 0 aliphatic rings. The van der Waals surface area contributed by atoms with Crippen LogP contribution in [0.5, 0.6) is 6.01 Å². The molecular weight excluding hydrogens is 204 g/mol. The first-order valence-corrected chi connectivity index (χ1v) is 5.74. The Bertz CT molecular complexity index is 330. The van der Waals surface area contributed by atoms with Gasteiger partial charge in [0.15, 0.2) is 0 Å². The molecule has 0 saturated heterocycles. The second kappa shape index (κ2) is 6.37. The molecule has 1 aromatic heterocycles. The van der Waals surface area contributed by atoms with Crippen LogP contribution in [0, 0.1) is 0 Å². The molecular formula is C11H20N4O. The molecule has 0 saturated carbocycles. The Morgan fingerprint density at radius 1 is 1.19 bits per heavy atom. The standard InChI is InChI=1S/C11H20N4O/c1-5-9-10(6-2)14-15-11(13-9)16-8(3)7-12-4/h8,12H,5-7H2,1-4H3. The number of rotatable bonds is 6. The van der Waals surface area contributed by atoms with E-state index in [1.54, 1.807) is 0 Å². The summed E-state index contributed by atoms with van der Waals surface area (Å²) in [7, 11) is 1.89. The van der Waals surface area contributed by atoms with Gasteiger partial charge in [-0.15, -0.1) is 5.10 Å². The summed E-state index contributed by atoms with van der Waals surface area (Å²) in [4.78, 5) is 4.36. The Labute approximate surface area is 96.6 Å². The molecule has 0 amide bonds. The highest BCUT2D eigenvalue weighted by Crippen LogP contribution is 2.09. The molecule has 1 N–H and O–H groups in total. The van der Waals surface area contributed by atoms with E-state index < -0.39 is 0 Å². The minimum Gasteiger partial charge on any atom is -0.458 e. The number of nitrogens with one attached hydrogen (secondary N) is 1. The van der Waals surface area contributed by atoms with Crippen LogP contribution >= 0.6 is 0 Å².